The van der Waals surface area contributed by atoms with Gasteiger partial charge < -0.3 is 15.3 Å². The minimum atomic E-state index is -0.458. The van der Waals surface area contributed by atoms with Gasteiger partial charge in [-0.1, -0.05) is 25.3 Å². The fourth-order valence-electron chi connectivity index (χ4n) is 4.06. The lowest BCUT2D eigenvalue weighted by atomic mass is 9.88. The molecule has 1 aromatic heterocycles. The van der Waals surface area contributed by atoms with Crippen LogP contribution in [0.5, 0.6) is 17.2 Å². The van der Waals surface area contributed by atoms with E-state index in [-0.39, 0.29) is 11.5 Å². The average Bonchev–Trinajstić information content (AvgIpc) is 2.69. The highest BCUT2D eigenvalue weighted by Crippen LogP contribution is 2.38. The molecule has 1 aromatic carbocycles. The van der Waals surface area contributed by atoms with Crippen LogP contribution in [0, 0.1) is 0 Å². The zero-order chi connectivity index (χ0) is 18.1. The van der Waals surface area contributed by atoms with Gasteiger partial charge in [0.2, 0.25) is 5.75 Å². The molecule has 0 bridgehead atoms. The molecule has 1 saturated carbocycles. The summed E-state index contributed by atoms with van der Waals surface area (Å²) in [6, 6.07) is 3.05. The first kappa shape index (κ1) is 17.1. The molecule has 6 nitrogen and oxygen atoms in total. The van der Waals surface area contributed by atoms with Crippen molar-refractivity contribution >= 4 is 0 Å². The molecule has 0 amide bonds. The monoisotopic (exact) mass is 355 g/mol. The van der Waals surface area contributed by atoms with Crippen molar-refractivity contribution in [3.63, 3.8) is 0 Å². The standard InChI is InChI=1S/C20H25N3O3/c24-17-7-6-14(18(25)19(17)26)11-23-9-8-16-15(12-23)10-21-20(22-16)13-4-2-1-3-5-13/h6-7,10,13,24-26H,1-5,8-9,11-12H2. The van der Waals surface area contributed by atoms with Gasteiger partial charge in [0.25, 0.3) is 0 Å². The average molecular weight is 355 g/mol. The van der Waals surface area contributed by atoms with Crippen molar-refractivity contribution in [3.05, 3.63) is 41.0 Å². The van der Waals surface area contributed by atoms with Crippen molar-refractivity contribution in [3.8, 4) is 17.2 Å². The van der Waals surface area contributed by atoms with Crippen LogP contribution in [0.3, 0.4) is 0 Å². The lowest BCUT2D eigenvalue weighted by molar-refractivity contribution is 0.237. The van der Waals surface area contributed by atoms with Crippen LogP contribution in [0.15, 0.2) is 18.3 Å². The minimum Gasteiger partial charge on any atom is -0.504 e. The first-order valence-corrected chi connectivity index (χ1v) is 9.41. The van der Waals surface area contributed by atoms with E-state index in [9.17, 15) is 15.3 Å². The lowest BCUT2D eigenvalue weighted by Gasteiger charge is -2.29. The molecule has 138 valence electrons. The van der Waals surface area contributed by atoms with Crippen molar-refractivity contribution in [2.45, 2.75) is 57.5 Å². The SMILES string of the molecule is Oc1ccc(CN2CCc3nc(C4CCCCC4)ncc3C2)c(O)c1O. The third kappa shape index (κ3) is 3.33. The molecule has 26 heavy (non-hydrogen) atoms. The Balaban J connectivity index is 1.47. The van der Waals surface area contributed by atoms with Crippen molar-refractivity contribution < 1.29 is 15.3 Å². The molecule has 1 fully saturated rings. The Bertz CT molecular complexity index is 803. The quantitative estimate of drug-likeness (QED) is 0.733. The molecule has 4 rings (SSSR count). The number of aromatic hydroxyl groups is 3. The smallest absolute Gasteiger partial charge is 0.200 e. The molecule has 1 aliphatic heterocycles. The summed E-state index contributed by atoms with van der Waals surface area (Å²) in [7, 11) is 0. The van der Waals surface area contributed by atoms with Crippen LogP contribution < -0.4 is 0 Å². The lowest BCUT2D eigenvalue weighted by Crippen LogP contribution is -2.31. The molecule has 0 radical (unpaired) electrons. The van der Waals surface area contributed by atoms with Gasteiger partial charge in [0, 0.05) is 55.0 Å². The van der Waals surface area contributed by atoms with Crippen molar-refractivity contribution in [2.75, 3.05) is 6.54 Å². The molecule has 3 N–H and O–H groups in total. The number of rotatable bonds is 3. The molecule has 2 heterocycles. The second-order valence-electron chi connectivity index (χ2n) is 7.44. The fraction of sp³-hybridized carbons (Fsp3) is 0.500. The van der Waals surface area contributed by atoms with Crippen LogP contribution in [0.25, 0.3) is 0 Å². The van der Waals surface area contributed by atoms with E-state index in [2.05, 4.69) is 9.88 Å². The van der Waals surface area contributed by atoms with Crippen molar-refractivity contribution in [1.29, 1.82) is 0 Å². The van der Waals surface area contributed by atoms with Gasteiger partial charge in [0.1, 0.15) is 5.82 Å². The number of nitrogens with zero attached hydrogens (tertiary/aromatic N) is 3. The van der Waals surface area contributed by atoms with Crippen LogP contribution in [-0.2, 0) is 19.5 Å². The maximum absolute atomic E-state index is 10.0. The number of hydrogen-bond acceptors (Lipinski definition) is 6. The molecule has 6 heteroatoms. The molecule has 2 aliphatic rings. The van der Waals surface area contributed by atoms with Crippen LogP contribution >= 0.6 is 0 Å². The highest BCUT2D eigenvalue weighted by Gasteiger charge is 2.23. The number of phenolic OH excluding ortho intramolecular Hbond substituents is 3. The van der Waals surface area contributed by atoms with E-state index in [0.29, 0.717) is 18.0 Å². The summed E-state index contributed by atoms with van der Waals surface area (Å²) < 4.78 is 0. The van der Waals surface area contributed by atoms with E-state index in [4.69, 9.17) is 4.98 Å². The van der Waals surface area contributed by atoms with Gasteiger partial charge in [-0.25, -0.2) is 9.97 Å². The van der Waals surface area contributed by atoms with Gasteiger partial charge in [-0.15, -0.1) is 0 Å². The highest BCUT2D eigenvalue weighted by molar-refractivity contribution is 5.53. The van der Waals surface area contributed by atoms with E-state index in [1.165, 1.54) is 38.2 Å². The Labute approximate surface area is 153 Å². The fourth-order valence-corrected chi connectivity index (χ4v) is 4.06. The van der Waals surface area contributed by atoms with E-state index in [1.54, 1.807) is 6.07 Å². The zero-order valence-corrected chi connectivity index (χ0v) is 14.9. The van der Waals surface area contributed by atoms with E-state index in [1.807, 2.05) is 6.20 Å². The first-order valence-electron chi connectivity index (χ1n) is 9.41. The number of phenols is 3. The summed E-state index contributed by atoms with van der Waals surface area (Å²) in [5.41, 5.74) is 2.89. The summed E-state index contributed by atoms with van der Waals surface area (Å²) in [4.78, 5) is 11.7. The zero-order valence-electron chi connectivity index (χ0n) is 14.9. The van der Waals surface area contributed by atoms with Gasteiger partial charge in [-0.3, -0.25) is 4.90 Å². The third-order valence-electron chi connectivity index (χ3n) is 5.61. The molecule has 1 aliphatic carbocycles. The van der Waals surface area contributed by atoms with Crippen molar-refractivity contribution in [1.82, 2.24) is 14.9 Å². The number of hydrogen-bond donors (Lipinski definition) is 3. The molecule has 0 saturated heterocycles. The van der Waals surface area contributed by atoms with E-state index >= 15 is 0 Å². The Morgan fingerprint density at radius 3 is 2.65 bits per heavy atom. The summed E-state index contributed by atoms with van der Waals surface area (Å²) in [6.45, 7) is 2.07. The normalized spacial score (nSPS) is 18.6. The van der Waals surface area contributed by atoms with Crippen LogP contribution in [0.2, 0.25) is 0 Å². The summed E-state index contributed by atoms with van der Waals surface area (Å²) >= 11 is 0. The third-order valence-corrected chi connectivity index (χ3v) is 5.61. The van der Waals surface area contributed by atoms with Gasteiger partial charge in [-0.05, 0) is 18.9 Å². The Morgan fingerprint density at radius 2 is 1.85 bits per heavy atom. The summed E-state index contributed by atoms with van der Waals surface area (Å²) in [5, 5.41) is 29.2. The molecular formula is C20H25N3O3. The van der Waals surface area contributed by atoms with E-state index in [0.717, 1.165) is 36.6 Å². The van der Waals surface area contributed by atoms with Gasteiger partial charge >= 0.3 is 0 Å². The Morgan fingerprint density at radius 1 is 1.04 bits per heavy atom. The largest absolute Gasteiger partial charge is 0.504 e. The van der Waals surface area contributed by atoms with E-state index < -0.39 is 5.75 Å². The minimum absolute atomic E-state index is 0.250. The van der Waals surface area contributed by atoms with Crippen LogP contribution in [0.1, 0.15) is 60.7 Å². The second-order valence-corrected chi connectivity index (χ2v) is 7.44. The van der Waals surface area contributed by atoms with Crippen LogP contribution in [-0.4, -0.2) is 36.7 Å². The second kappa shape index (κ2) is 7.11. The maximum atomic E-state index is 10.0. The van der Waals surface area contributed by atoms with Gasteiger partial charge in [0.05, 0.1) is 0 Å². The predicted octanol–water partition coefficient (Wildman–Crippen LogP) is 3.20. The molecule has 0 unspecified atom stereocenters. The summed E-state index contributed by atoms with van der Waals surface area (Å²) in [6.07, 6.45) is 9.12. The topological polar surface area (TPSA) is 89.7 Å². The highest BCUT2D eigenvalue weighted by atomic mass is 16.3. The van der Waals surface area contributed by atoms with Gasteiger partial charge in [-0.2, -0.15) is 0 Å². The Kier molecular flexibility index (Phi) is 4.68. The number of fused-ring (bicyclic) bond motifs is 1. The van der Waals surface area contributed by atoms with Crippen molar-refractivity contribution in [2.24, 2.45) is 0 Å². The number of benzene rings is 1. The molecule has 2 aromatic rings. The first-order chi connectivity index (χ1) is 12.6. The molecule has 0 atom stereocenters. The predicted molar refractivity (Wildman–Crippen MR) is 97.1 cm³/mol. The van der Waals surface area contributed by atoms with Gasteiger partial charge in [0.15, 0.2) is 11.5 Å². The molecular weight excluding hydrogens is 330 g/mol. The molecule has 0 spiro atoms. The Hall–Kier alpha value is -2.34. The summed E-state index contributed by atoms with van der Waals surface area (Å²) in [5.74, 6) is 0.515. The van der Waals surface area contributed by atoms with Crippen LogP contribution in [0.4, 0.5) is 0 Å². The number of aromatic nitrogens is 2. The maximum Gasteiger partial charge on any atom is 0.200 e.